The highest BCUT2D eigenvalue weighted by Crippen LogP contribution is 2.24. The summed E-state index contributed by atoms with van der Waals surface area (Å²) in [4.78, 5) is 34.3. The van der Waals surface area contributed by atoms with Gasteiger partial charge in [0.05, 0.1) is 5.03 Å². The highest BCUT2D eigenvalue weighted by Gasteiger charge is 2.28. The van der Waals surface area contributed by atoms with Crippen LogP contribution in [-0.2, 0) is 9.59 Å². The summed E-state index contributed by atoms with van der Waals surface area (Å²) in [5.41, 5.74) is 0.275. The molecule has 21 heavy (non-hydrogen) atoms. The van der Waals surface area contributed by atoms with Crippen molar-refractivity contribution < 1.29 is 34.7 Å². The molecule has 9 heteroatoms. The van der Waals surface area contributed by atoms with Gasteiger partial charge in [0.25, 0.3) is 0 Å². The summed E-state index contributed by atoms with van der Waals surface area (Å²) < 4.78 is 0. The number of Topliss-reactive ketones (excluding diaryl/α,β-unsaturated/α-hetero) is 2. The molecule has 1 aliphatic rings. The minimum Gasteiger partial charge on any atom is -0.869 e. The molecule has 1 aliphatic carbocycles. The number of aromatic amines is 1. The van der Waals surface area contributed by atoms with E-state index in [-0.39, 0.29) is 5.56 Å². The first kappa shape index (κ1) is 16.7. The first-order chi connectivity index (χ1) is 9.77. The van der Waals surface area contributed by atoms with E-state index in [9.17, 15) is 19.5 Å². The number of ketones is 2. The molecule has 0 aliphatic heterocycles. The molecule has 1 aromatic heterocycles. The smallest absolute Gasteiger partial charge is 0.341 e. The first-order valence-corrected chi connectivity index (χ1v) is 5.97. The molecule has 0 bridgehead atoms. The second kappa shape index (κ2) is 6.87. The largest absolute Gasteiger partial charge is 0.869 e. The Labute approximate surface area is 127 Å². The normalized spacial score (nSPS) is 14.8. The molecule has 0 saturated heterocycles. The molecule has 3 N–H and O–H groups in total. The van der Waals surface area contributed by atoms with Crippen LogP contribution in [0.3, 0.4) is 0 Å². The van der Waals surface area contributed by atoms with Gasteiger partial charge in [-0.05, 0) is 11.8 Å². The number of carbonyl (C=O) groups excluding carboxylic acids is 2. The van der Waals surface area contributed by atoms with E-state index in [1.807, 2.05) is 0 Å². The van der Waals surface area contributed by atoms with E-state index in [0.29, 0.717) is 0 Å². The number of carboxylic acid groups (broad SMARTS) is 1. The van der Waals surface area contributed by atoms with E-state index < -0.39 is 39.1 Å². The monoisotopic (exact) mass is 331 g/mol. The Balaban J connectivity index is 0.000000219. The lowest BCUT2D eigenvalue weighted by Crippen LogP contribution is -2.26. The number of hydrogen-bond donors (Lipinski definition) is 2. The van der Waals surface area contributed by atoms with Gasteiger partial charge < -0.3 is 15.3 Å². The fourth-order valence-corrected chi connectivity index (χ4v) is 1.49. The minimum atomic E-state index is -1.19. The van der Waals surface area contributed by atoms with Crippen LogP contribution >= 0.6 is 23.2 Å². The molecule has 2 rings (SSSR count). The van der Waals surface area contributed by atoms with Gasteiger partial charge in [0, 0.05) is 6.07 Å². The van der Waals surface area contributed by atoms with Crippen molar-refractivity contribution in [1.82, 2.24) is 0 Å². The molecule has 0 atom stereocenters. The molecule has 1 aromatic rings. The van der Waals surface area contributed by atoms with Crippen molar-refractivity contribution in [3.8, 4) is 0 Å². The average Bonchev–Trinajstić information content (AvgIpc) is 2.50. The van der Waals surface area contributed by atoms with Crippen LogP contribution in [0.25, 0.3) is 0 Å². The van der Waals surface area contributed by atoms with Crippen molar-refractivity contribution in [3.63, 3.8) is 0 Å². The van der Waals surface area contributed by atoms with Crippen molar-refractivity contribution in [3.05, 3.63) is 51.7 Å². The molecule has 0 fully saturated rings. The predicted molar refractivity (Wildman–Crippen MR) is 68.4 cm³/mol. The Morgan fingerprint density at radius 2 is 1.81 bits per heavy atom. The molecule has 0 spiro atoms. The van der Waals surface area contributed by atoms with Gasteiger partial charge >= 0.3 is 5.97 Å². The van der Waals surface area contributed by atoms with Gasteiger partial charge in [-0.15, -0.1) is 0 Å². The molecule has 0 aromatic carbocycles. The van der Waals surface area contributed by atoms with Crippen LogP contribution in [0.2, 0.25) is 0 Å². The molecular weight excluding hydrogens is 325 g/mol. The van der Waals surface area contributed by atoms with Crippen LogP contribution in [0.4, 0.5) is 0 Å². The van der Waals surface area contributed by atoms with Gasteiger partial charge in [-0.3, -0.25) is 9.59 Å². The third kappa shape index (κ3) is 3.80. The maximum Gasteiger partial charge on any atom is 0.341 e. The van der Waals surface area contributed by atoms with Crippen molar-refractivity contribution in [2.45, 2.75) is 0 Å². The first-order valence-electron chi connectivity index (χ1n) is 5.21. The standard InChI is InChI=1S/C6H2Cl2O4.C6H5NO2/c7-1-3(9)5(11)2(8)6(12)4(1)10;8-6(9)5-2-1-3-7-4-5/h9,12H;1-4H,(H,8,9). The fraction of sp³-hybridized carbons (Fsp3) is 0. The number of carbonyl (C=O) groups is 3. The SMILES string of the molecule is O=C(O)c1ccc[nH+]c1.O=C1C(O)=C(Cl)C(=O)C([O-])=C1Cl. The Kier molecular flexibility index (Phi) is 5.45. The summed E-state index contributed by atoms with van der Waals surface area (Å²) in [7, 11) is 0. The lowest BCUT2D eigenvalue weighted by atomic mass is 10.1. The zero-order valence-corrected chi connectivity index (χ0v) is 11.6. The van der Waals surface area contributed by atoms with Gasteiger partial charge in [0.1, 0.15) is 10.6 Å². The van der Waals surface area contributed by atoms with Gasteiger partial charge in [0.15, 0.2) is 23.9 Å². The predicted octanol–water partition coefficient (Wildman–Crippen LogP) is 0.156. The molecule has 110 valence electrons. The topological polar surface area (TPSA) is 129 Å². The molecule has 7 nitrogen and oxygen atoms in total. The Morgan fingerprint density at radius 3 is 2.24 bits per heavy atom. The molecule has 0 saturated carbocycles. The third-order valence-corrected chi connectivity index (χ3v) is 2.88. The second-order valence-corrected chi connectivity index (χ2v) is 4.32. The van der Waals surface area contributed by atoms with E-state index in [2.05, 4.69) is 4.98 Å². The van der Waals surface area contributed by atoms with Crippen LogP contribution in [0.15, 0.2) is 46.1 Å². The van der Waals surface area contributed by atoms with E-state index >= 15 is 0 Å². The zero-order valence-electron chi connectivity index (χ0n) is 10.1. The number of allylic oxidation sites excluding steroid dienone is 2. The van der Waals surface area contributed by atoms with Crippen molar-refractivity contribution in [2.24, 2.45) is 0 Å². The highest BCUT2D eigenvalue weighted by molar-refractivity contribution is 6.55. The number of halogens is 2. The zero-order chi connectivity index (χ0) is 16.2. The number of nitrogens with one attached hydrogen (secondary N) is 1. The van der Waals surface area contributed by atoms with Crippen molar-refractivity contribution in [1.29, 1.82) is 0 Å². The Bertz CT molecular complexity index is 604. The average molecular weight is 332 g/mol. The minimum absolute atomic E-state index is 0.275. The van der Waals surface area contributed by atoms with Gasteiger partial charge in [-0.1, -0.05) is 23.2 Å². The highest BCUT2D eigenvalue weighted by atomic mass is 35.5. The van der Waals surface area contributed by atoms with Crippen LogP contribution in [0.5, 0.6) is 0 Å². The van der Waals surface area contributed by atoms with Gasteiger partial charge in [-0.2, -0.15) is 0 Å². The van der Waals surface area contributed by atoms with E-state index in [1.165, 1.54) is 12.3 Å². The summed E-state index contributed by atoms with van der Waals surface area (Å²) in [5.74, 6) is -5.37. The number of rotatable bonds is 1. The number of H-pyrrole nitrogens is 1. The summed E-state index contributed by atoms with van der Waals surface area (Å²) >= 11 is 10.3. The quantitative estimate of drug-likeness (QED) is 0.705. The van der Waals surface area contributed by atoms with Gasteiger partial charge in [0.2, 0.25) is 5.78 Å². The summed E-state index contributed by atoms with van der Waals surface area (Å²) in [5, 5.41) is 26.3. The van der Waals surface area contributed by atoms with Crippen LogP contribution in [0, 0.1) is 0 Å². The Hall–Kier alpha value is -2.38. The lowest BCUT2D eigenvalue weighted by molar-refractivity contribution is -0.378. The van der Waals surface area contributed by atoms with Crippen LogP contribution < -0.4 is 10.1 Å². The third-order valence-electron chi connectivity index (χ3n) is 2.18. The van der Waals surface area contributed by atoms with Gasteiger partial charge in [-0.25, -0.2) is 9.78 Å². The maximum absolute atomic E-state index is 10.8. The molecule has 1 heterocycles. The summed E-state index contributed by atoms with van der Waals surface area (Å²) in [6, 6.07) is 3.17. The van der Waals surface area contributed by atoms with E-state index in [4.69, 9.17) is 33.4 Å². The van der Waals surface area contributed by atoms with Crippen molar-refractivity contribution in [2.75, 3.05) is 0 Å². The number of pyridine rings is 1. The van der Waals surface area contributed by atoms with Crippen LogP contribution in [-0.4, -0.2) is 27.7 Å². The lowest BCUT2D eigenvalue weighted by Gasteiger charge is -2.17. The van der Waals surface area contributed by atoms with E-state index in [0.717, 1.165) is 0 Å². The number of hydrogen-bond acceptors (Lipinski definition) is 5. The molecular formula is C12H7Cl2NO6. The number of aromatic carboxylic acids is 1. The number of aromatic nitrogens is 1. The number of aliphatic hydroxyl groups excluding tert-OH is 1. The van der Waals surface area contributed by atoms with Crippen molar-refractivity contribution >= 4 is 40.7 Å². The maximum atomic E-state index is 10.8. The molecule has 0 unspecified atom stereocenters. The second-order valence-electron chi connectivity index (χ2n) is 3.56. The van der Waals surface area contributed by atoms with Crippen LogP contribution in [0.1, 0.15) is 10.4 Å². The summed E-state index contributed by atoms with van der Waals surface area (Å²) in [6.07, 6.45) is 3.09. The number of carboxylic acids is 1. The Morgan fingerprint density at radius 1 is 1.19 bits per heavy atom. The summed E-state index contributed by atoms with van der Waals surface area (Å²) in [6.45, 7) is 0. The molecule has 0 amide bonds. The fourth-order valence-electron chi connectivity index (χ4n) is 1.14. The number of aliphatic hydroxyl groups is 1. The molecule has 0 radical (unpaired) electrons. The van der Waals surface area contributed by atoms with E-state index in [1.54, 1.807) is 12.3 Å².